The molecular formula is C12H14N2. The number of aryl methyl sites for hydroxylation is 1. The number of nitrogens with zero attached hydrogens (tertiary/aromatic N) is 1. The van der Waals surface area contributed by atoms with Crippen molar-refractivity contribution in [3.63, 3.8) is 0 Å². The highest BCUT2D eigenvalue weighted by Gasteiger charge is 2.27. The van der Waals surface area contributed by atoms with Crippen LogP contribution in [0.2, 0.25) is 0 Å². The van der Waals surface area contributed by atoms with E-state index in [1.165, 1.54) is 11.1 Å². The van der Waals surface area contributed by atoms with Gasteiger partial charge >= 0.3 is 0 Å². The van der Waals surface area contributed by atoms with Gasteiger partial charge in [0.25, 0.3) is 0 Å². The topological polar surface area (TPSA) is 35.8 Å². The lowest BCUT2D eigenvalue weighted by atomic mass is 9.89. The van der Waals surface area contributed by atoms with Gasteiger partial charge in [0.1, 0.15) is 0 Å². The normalized spacial score (nSPS) is 26.0. The third kappa shape index (κ3) is 1.64. The van der Waals surface area contributed by atoms with Gasteiger partial charge in [-0.05, 0) is 12.5 Å². The minimum Gasteiger partial charge on any atom is -0.315 e. The molecule has 1 N–H and O–H groups in total. The zero-order valence-corrected chi connectivity index (χ0v) is 8.33. The molecule has 0 spiro atoms. The molecule has 0 aliphatic carbocycles. The summed E-state index contributed by atoms with van der Waals surface area (Å²) in [4.78, 5) is 0. The monoisotopic (exact) mass is 186 g/mol. The second-order valence-electron chi connectivity index (χ2n) is 3.91. The maximum absolute atomic E-state index is 8.98. The minimum absolute atomic E-state index is 0.136. The summed E-state index contributed by atoms with van der Waals surface area (Å²) in [6.45, 7) is 3.85. The molecule has 0 unspecified atom stereocenters. The van der Waals surface area contributed by atoms with Gasteiger partial charge in [-0.25, -0.2) is 0 Å². The van der Waals surface area contributed by atoms with Gasteiger partial charge in [0, 0.05) is 19.0 Å². The molecule has 0 amide bonds. The molecule has 1 saturated heterocycles. The molecular weight excluding hydrogens is 172 g/mol. The average Bonchev–Trinajstić information content (AvgIpc) is 2.65. The predicted molar refractivity (Wildman–Crippen MR) is 55.9 cm³/mol. The van der Waals surface area contributed by atoms with Crippen molar-refractivity contribution >= 4 is 0 Å². The Morgan fingerprint density at radius 3 is 3.00 bits per heavy atom. The number of nitrogens with one attached hydrogen (secondary N) is 1. The Bertz CT molecular complexity index is 365. The number of nitriles is 1. The van der Waals surface area contributed by atoms with Gasteiger partial charge in [-0.3, -0.25) is 0 Å². The van der Waals surface area contributed by atoms with Crippen LogP contribution < -0.4 is 5.32 Å². The first-order valence-corrected chi connectivity index (χ1v) is 4.98. The molecule has 2 nitrogen and oxygen atoms in total. The first kappa shape index (κ1) is 9.23. The van der Waals surface area contributed by atoms with Crippen molar-refractivity contribution in [2.24, 2.45) is 5.92 Å². The Kier molecular flexibility index (Phi) is 2.51. The zero-order chi connectivity index (χ0) is 9.97. The average molecular weight is 186 g/mol. The quantitative estimate of drug-likeness (QED) is 0.726. The lowest BCUT2D eigenvalue weighted by Gasteiger charge is -2.12. The number of benzene rings is 1. The fourth-order valence-corrected chi connectivity index (χ4v) is 2.07. The third-order valence-corrected chi connectivity index (χ3v) is 2.85. The van der Waals surface area contributed by atoms with E-state index >= 15 is 0 Å². The summed E-state index contributed by atoms with van der Waals surface area (Å²) < 4.78 is 0. The summed E-state index contributed by atoms with van der Waals surface area (Å²) in [7, 11) is 0. The molecule has 1 heterocycles. The van der Waals surface area contributed by atoms with Crippen molar-refractivity contribution in [2.45, 2.75) is 12.8 Å². The van der Waals surface area contributed by atoms with Gasteiger partial charge in [0.05, 0.1) is 12.0 Å². The fourth-order valence-electron chi connectivity index (χ4n) is 2.07. The van der Waals surface area contributed by atoms with Crippen LogP contribution in [0.25, 0.3) is 0 Å². The second kappa shape index (κ2) is 3.81. The van der Waals surface area contributed by atoms with Crippen LogP contribution in [0.4, 0.5) is 0 Å². The lowest BCUT2D eigenvalue weighted by molar-refractivity contribution is 0.646. The van der Waals surface area contributed by atoms with E-state index in [2.05, 4.69) is 42.6 Å². The van der Waals surface area contributed by atoms with Gasteiger partial charge in [-0.15, -0.1) is 0 Å². The van der Waals surface area contributed by atoms with E-state index < -0.39 is 0 Å². The molecule has 1 aliphatic rings. The Morgan fingerprint density at radius 1 is 1.43 bits per heavy atom. The highest BCUT2D eigenvalue weighted by molar-refractivity contribution is 5.28. The molecule has 0 radical (unpaired) electrons. The largest absolute Gasteiger partial charge is 0.315 e. The highest BCUT2D eigenvalue weighted by Crippen LogP contribution is 2.27. The number of hydrogen-bond donors (Lipinski definition) is 1. The molecule has 72 valence electrons. The van der Waals surface area contributed by atoms with Crippen LogP contribution in [0, 0.1) is 24.2 Å². The summed E-state index contributed by atoms with van der Waals surface area (Å²) in [5.41, 5.74) is 2.56. The van der Waals surface area contributed by atoms with E-state index in [4.69, 9.17) is 5.26 Å². The third-order valence-electron chi connectivity index (χ3n) is 2.85. The standard InChI is InChI=1S/C12H14N2/c1-9-3-2-4-10(5-9)12-8-14-7-11(12)6-13/h2-5,11-12,14H,7-8H2,1H3/t11-,12+/m1/s1. The van der Waals surface area contributed by atoms with Crippen molar-refractivity contribution in [2.75, 3.05) is 13.1 Å². The second-order valence-corrected chi connectivity index (χ2v) is 3.91. The summed E-state index contributed by atoms with van der Waals surface area (Å²) in [5, 5.41) is 12.2. The van der Waals surface area contributed by atoms with Gasteiger partial charge in [-0.1, -0.05) is 29.8 Å². The molecule has 0 saturated carbocycles. The van der Waals surface area contributed by atoms with Gasteiger partial charge < -0.3 is 5.32 Å². The van der Waals surface area contributed by atoms with E-state index in [0.717, 1.165) is 13.1 Å². The van der Waals surface area contributed by atoms with Crippen LogP contribution in [-0.4, -0.2) is 13.1 Å². The minimum atomic E-state index is 0.136. The molecule has 0 bridgehead atoms. The van der Waals surface area contributed by atoms with Crippen LogP contribution in [0.5, 0.6) is 0 Å². The molecule has 14 heavy (non-hydrogen) atoms. The lowest BCUT2D eigenvalue weighted by Crippen LogP contribution is -2.08. The van der Waals surface area contributed by atoms with Crippen molar-refractivity contribution < 1.29 is 0 Å². The first-order chi connectivity index (χ1) is 6.81. The highest BCUT2D eigenvalue weighted by atomic mass is 14.9. The summed E-state index contributed by atoms with van der Waals surface area (Å²) >= 11 is 0. The smallest absolute Gasteiger partial charge is 0.0676 e. The van der Waals surface area contributed by atoms with Gasteiger partial charge in [0.2, 0.25) is 0 Å². The Hall–Kier alpha value is -1.33. The van der Waals surface area contributed by atoms with E-state index in [0.29, 0.717) is 5.92 Å². The van der Waals surface area contributed by atoms with E-state index in [1.54, 1.807) is 0 Å². The van der Waals surface area contributed by atoms with Crippen molar-refractivity contribution in [3.05, 3.63) is 35.4 Å². The Morgan fingerprint density at radius 2 is 2.29 bits per heavy atom. The van der Waals surface area contributed by atoms with E-state index in [-0.39, 0.29) is 5.92 Å². The van der Waals surface area contributed by atoms with Crippen molar-refractivity contribution in [1.82, 2.24) is 5.32 Å². The number of rotatable bonds is 1. The molecule has 2 heteroatoms. The maximum atomic E-state index is 8.98. The maximum Gasteiger partial charge on any atom is 0.0676 e. The van der Waals surface area contributed by atoms with Crippen LogP contribution >= 0.6 is 0 Å². The van der Waals surface area contributed by atoms with Crippen molar-refractivity contribution in [3.8, 4) is 6.07 Å². The number of hydrogen-bond acceptors (Lipinski definition) is 2. The van der Waals surface area contributed by atoms with Crippen LogP contribution in [0.15, 0.2) is 24.3 Å². The van der Waals surface area contributed by atoms with Crippen LogP contribution in [0.3, 0.4) is 0 Å². The first-order valence-electron chi connectivity index (χ1n) is 4.98. The fraction of sp³-hybridized carbons (Fsp3) is 0.417. The van der Waals surface area contributed by atoms with Gasteiger partial charge in [0.15, 0.2) is 0 Å². The van der Waals surface area contributed by atoms with Gasteiger partial charge in [-0.2, -0.15) is 5.26 Å². The zero-order valence-electron chi connectivity index (χ0n) is 8.33. The Labute approximate surface area is 84.6 Å². The summed E-state index contributed by atoms with van der Waals surface area (Å²) in [5.74, 6) is 0.511. The SMILES string of the molecule is Cc1cccc([C@@H]2CNC[C@H]2C#N)c1. The molecule has 1 aromatic rings. The molecule has 1 fully saturated rings. The molecule has 0 aromatic heterocycles. The Balaban J connectivity index is 2.27. The molecule has 2 atom stereocenters. The molecule has 2 rings (SSSR count). The predicted octanol–water partition coefficient (Wildman–Crippen LogP) is 1.82. The molecule has 1 aromatic carbocycles. The van der Waals surface area contributed by atoms with E-state index in [1.807, 2.05) is 0 Å². The van der Waals surface area contributed by atoms with E-state index in [9.17, 15) is 0 Å². The van der Waals surface area contributed by atoms with Crippen molar-refractivity contribution in [1.29, 1.82) is 5.26 Å². The molecule has 1 aliphatic heterocycles. The van der Waals surface area contributed by atoms with Crippen LogP contribution in [-0.2, 0) is 0 Å². The summed E-state index contributed by atoms with van der Waals surface area (Å²) in [6.07, 6.45) is 0. The summed E-state index contributed by atoms with van der Waals surface area (Å²) in [6, 6.07) is 10.8. The van der Waals surface area contributed by atoms with Crippen LogP contribution in [0.1, 0.15) is 17.0 Å².